The third-order valence-corrected chi connectivity index (χ3v) is 4.31. The minimum atomic E-state index is -0.823. The Labute approximate surface area is 114 Å². The van der Waals surface area contributed by atoms with Gasteiger partial charge in [-0.25, -0.2) is 0 Å². The van der Waals surface area contributed by atoms with Gasteiger partial charge in [-0.15, -0.1) is 0 Å². The second-order valence-corrected chi connectivity index (χ2v) is 6.11. The van der Waals surface area contributed by atoms with Gasteiger partial charge in [-0.3, -0.25) is 9.59 Å². The second-order valence-electron chi connectivity index (χ2n) is 6.11. The highest BCUT2D eigenvalue weighted by Crippen LogP contribution is 2.48. The van der Waals surface area contributed by atoms with E-state index in [9.17, 15) is 14.7 Å². The summed E-state index contributed by atoms with van der Waals surface area (Å²) in [5.74, 6) is -1.10. The van der Waals surface area contributed by atoms with E-state index in [0.717, 1.165) is 6.42 Å². The summed E-state index contributed by atoms with van der Waals surface area (Å²) < 4.78 is 0. The van der Waals surface area contributed by atoms with Gasteiger partial charge in [0, 0.05) is 13.1 Å². The molecule has 0 aliphatic heterocycles. The predicted molar refractivity (Wildman–Crippen MR) is 72.4 cm³/mol. The van der Waals surface area contributed by atoms with Crippen LogP contribution in [0, 0.1) is 29.6 Å². The normalized spacial score (nSPS) is 32.0. The summed E-state index contributed by atoms with van der Waals surface area (Å²) in [5.41, 5.74) is 0. The van der Waals surface area contributed by atoms with E-state index in [0.29, 0.717) is 19.0 Å². The molecule has 1 N–H and O–H groups in total. The molecule has 0 aromatic rings. The van der Waals surface area contributed by atoms with Gasteiger partial charge in [0.05, 0.1) is 11.8 Å². The van der Waals surface area contributed by atoms with E-state index in [1.807, 2.05) is 24.0 Å². The van der Waals surface area contributed by atoms with Crippen LogP contribution < -0.4 is 0 Å². The number of rotatable bonds is 5. The van der Waals surface area contributed by atoms with Crippen molar-refractivity contribution in [3.8, 4) is 0 Å². The van der Waals surface area contributed by atoms with Crippen molar-refractivity contribution in [2.24, 2.45) is 29.6 Å². The highest BCUT2D eigenvalue weighted by Gasteiger charge is 2.52. The van der Waals surface area contributed by atoms with E-state index in [1.54, 1.807) is 0 Å². The zero-order valence-electron chi connectivity index (χ0n) is 11.9. The zero-order valence-corrected chi connectivity index (χ0v) is 11.9. The fraction of sp³-hybridized carbons (Fsp3) is 0.733. The first kappa shape index (κ1) is 14.1. The summed E-state index contributed by atoms with van der Waals surface area (Å²) in [6, 6.07) is 0. The van der Waals surface area contributed by atoms with Gasteiger partial charge in [-0.1, -0.05) is 26.0 Å². The molecule has 1 fully saturated rings. The molecule has 1 saturated carbocycles. The highest BCUT2D eigenvalue weighted by molar-refractivity contribution is 5.86. The maximum Gasteiger partial charge on any atom is 0.307 e. The molecule has 2 bridgehead atoms. The lowest BCUT2D eigenvalue weighted by Gasteiger charge is -2.31. The second kappa shape index (κ2) is 5.35. The molecule has 4 nitrogen and oxygen atoms in total. The van der Waals surface area contributed by atoms with Crippen molar-refractivity contribution < 1.29 is 14.7 Å². The van der Waals surface area contributed by atoms with E-state index >= 15 is 0 Å². The number of fused-ring (bicyclic) bond motifs is 2. The van der Waals surface area contributed by atoms with Gasteiger partial charge >= 0.3 is 5.97 Å². The standard InChI is InChI=1S/C15H23NO3/c1-4-16(8-9(2)3)14(17)12-10-5-6-11(7-10)13(12)15(18)19/h5-6,9-13H,4,7-8H2,1-3H3,(H,18,19)/t10?,11?,12-,13+/m0/s1. The molecule has 1 amide bonds. The van der Waals surface area contributed by atoms with E-state index in [4.69, 9.17) is 0 Å². The van der Waals surface area contributed by atoms with Crippen molar-refractivity contribution in [3.05, 3.63) is 12.2 Å². The number of amides is 1. The molecular weight excluding hydrogens is 242 g/mol. The van der Waals surface area contributed by atoms with Gasteiger partial charge in [0.2, 0.25) is 5.91 Å². The van der Waals surface area contributed by atoms with Crippen LogP contribution in [0.25, 0.3) is 0 Å². The predicted octanol–water partition coefficient (Wildman–Crippen LogP) is 2.01. The van der Waals surface area contributed by atoms with Crippen LogP contribution in [0.2, 0.25) is 0 Å². The molecule has 4 atom stereocenters. The first-order chi connectivity index (χ1) is 8.95. The van der Waals surface area contributed by atoms with Crippen LogP contribution in [0.5, 0.6) is 0 Å². The Bertz CT molecular complexity index is 402. The monoisotopic (exact) mass is 265 g/mol. The van der Waals surface area contributed by atoms with E-state index in [-0.39, 0.29) is 23.7 Å². The lowest BCUT2D eigenvalue weighted by molar-refractivity contribution is -0.151. The van der Waals surface area contributed by atoms with Crippen LogP contribution >= 0.6 is 0 Å². The van der Waals surface area contributed by atoms with Crippen molar-refractivity contribution in [2.45, 2.75) is 27.2 Å². The Morgan fingerprint density at radius 2 is 1.84 bits per heavy atom. The van der Waals surface area contributed by atoms with Crippen LogP contribution in [0.1, 0.15) is 27.2 Å². The van der Waals surface area contributed by atoms with Gasteiger partial charge in [-0.2, -0.15) is 0 Å². The molecule has 0 heterocycles. The van der Waals surface area contributed by atoms with Crippen LogP contribution in [-0.2, 0) is 9.59 Å². The van der Waals surface area contributed by atoms with Crippen LogP contribution in [0.15, 0.2) is 12.2 Å². The number of carboxylic acid groups (broad SMARTS) is 1. The molecule has 106 valence electrons. The highest BCUT2D eigenvalue weighted by atomic mass is 16.4. The van der Waals surface area contributed by atoms with Crippen LogP contribution in [-0.4, -0.2) is 35.0 Å². The van der Waals surface area contributed by atoms with Crippen LogP contribution in [0.4, 0.5) is 0 Å². The minimum Gasteiger partial charge on any atom is -0.481 e. The molecular formula is C15H23NO3. The first-order valence-electron chi connectivity index (χ1n) is 7.15. The number of hydrogen-bond donors (Lipinski definition) is 1. The Balaban J connectivity index is 2.17. The van der Waals surface area contributed by atoms with E-state index in [1.165, 1.54) is 0 Å². The van der Waals surface area contributed by atoms with Crippen molar-refractivity contribution in [2.75, 3.05) is 13.1 Å². The van der Waals surface area contributed by atoms with Crippen LogP contribution in [0.3, 0.4) is 0 Å². The lowest BCUT2D eigenvalue weighted by atomic mass is 9.82. The average Bonchev–Trinajstić information content (AvgIpc) is 2.94. The van der Waals surface area contributed by atoms with Crippen molar-refractivity contribution in [1.29, 1.82) is 0 Å². The largest absolute Gasteiger partial charge is 0.481 e. The van der Waals surface area contributed by atoms with E-state index < -0.39 is 11.9 Å². The van der Waals surface area contributed by atoms with Crippen molar-refractivity contribution in [1.82, 2.24) is 4.90 Å². The Hall–Kier alpha value is -1.32. The maximum atomic E-state index is 12.6. The number of allylic oxidation sites excluding steroid dienone is 2. The van der Waals surface area contributed by atoms with Gasteiger partial charge in [-0.05, 0) is 31.1 Å². The number of aliphatic carboxylic acids is 1. The lowest BCUT2D eigenvalue weighted by Crippen LogP contribution is -2.44. The summed E-state index contributed by atoms with van der Waals surface area (Å²) in [6.07, 6.45) is 4.84. The van der Waals surface area contributed by atoms with E-state index in [2.05, 4.69) is 13.8 Å². The van der Waals surface area contributed by atoms with Gasteiger partial charge in [0.15, 0.2) is 0 Å². The zero-order chi connectivity index (χ0) is 14.2. The molecule has 2 aliphatic rings. The third kappa shape index (κ3) is 2.53. The Morgan fingerprint density at radius 1 is 1.26 bits per heavy atom. The smallest absolute Gasteiger partial charge is 0.307 e. The number of nitrogens with zero attached hydrogens (tertiary/aromatic N) is 1. The summed E-state index contributed by atoms with van der Waals surface area (Å²) in [7, 11) is 0. The fourth-order valence-corrected chi connectivity index (χ4v) is 3.52. The van der Waals surface area contributed by atoms with Gasteiger partial charge in [0.25, 0.3) is 0 Å². The molecule has 2 aliphatic carbocycles. The SMILES string of the molecule is CCN(CC(C)C)C(=O)[C@H]1C2C=CC(C2)[C@H]1C(=O)O. The van der Waals surface area contributed by atoms with Gasteiger partial charge < -0.3 is 10.0 Å². The number of carboxylic acids is 1. The number of hydrogen-bond acceptors (Lipinski definition) is 2. The molecule has 0 aromatic carbocycles. The maximum absolute atomic E-state index is 12.6. The van der Waals surface area contributed by atoms with Gasteiger partial charge in [0.1, 0.15) is 0 Å². The first-order valence-corrected chi connectivity index (χ1v) is 7.15. The quantitative estimate of drug-likeness (QED) is 0.774. The summed E-state index contributed by atoms with van der Waals surface area (Å²) >= 11 is 0. The molecule has 0 spiro atoms. The fourth-order valence-electron chi connectivity index (χ4n) is 3.52. The molecule has 2 rings (SSSR count). The number of carbonyl (C=O) groups is 2. The number of carbonyl (C=O) groups excluding carboxylic acids is 1. The molecule has 4 heteroatoms. The Kier molecular flexibility index (Phi) is 3.97. The summed E-state index contributed by atoms with van der Waals surface area (Å²) in [5, 5.41) is 9.39. The van der Waals surface area contributed by atoms with Crippen molar-refractivity contribution >= 4 is 11.9 Å². The third-order valence-electron chi connectivity index (χ3n) is 4.31. The minimum absolute atomic E-state index is 0.0282. The van der Waals surface area contributed by atoms with Crippen molar-refractivity contribution in [3.63, 3.8) is 0 Å². The molecule has 0 aromatic heterocycles. The molecule has 0 radical (unpaired) electrons. The molecule has 2 unspecified atom stereocenters. The topological polar surface area (TPSA) is 57.6 Å². The Morgan fingerprint density at radius 3 is 2.32 bits per heavy atom. The molecule has 0 saturated heterocycles. The summed E-state index contributed by atoms with van der Waals surface area (Å²) in [4.78, 5) is 25.9. The molecule has 19 heavy (non-hydrogen) atoms. The average molecular weight is 265 g/mol. The summed E-state index contributed by atoms with van der Waals surface area (Å²) in [6.45, 7) is 7.47.